The van der Waals surface area contributed by atoms with E-state index in [2.05, 4.69) is 4.90 Å². The van der Waals surface area contributed by atoms with Gasteiger partial charge < -0.3 is 20.5 Å². The summed E-state index contributed by atoms with van der Waals surface area (Å²) in [5, 5.41) is 8.86. The molecule has 3 N–H and O–H groups in total. The number of carboxylic acid groups (broad SMARTS) is 1. The van der Waals surface area contributed by atoms with Crippen molar-refractivity contribution in [2.24, 2.45) is 5.73 Å². The van der Waals surface area contributed by atoms with E-state index >= 15 is 0 Å². The van der Waals surface area contributed by atoms with E-state index in [-0.39, 0.29) is 6.42 Å². The molecule has 1 aromatic rings. The Balaban J connectivity index is 3.05. The van der Waals surface area contributed by atoms with Gasteiger partial charge in [0.2, 0.25) is 0 Å². The van der Waals surface area contributed by atoms with Crippen molar-refractivity contribution < 1.29 is 14.6 Å². The summed E-state index contributed by atoms with van der Waals surface area (Å²) in [6, 6.07) is 5.21. The van der Waals surface area contributed by atoms with Gasteiger partial charge in [0.25, 0.3) is 0 Å². The maximum atomic E-state index is 10.8. The summed E-state index contributed by atoms with van der Waals surface area (Å²) in [5.41, 5.74) is 7.82. The SMILES string of the molecule is COc1ccc(N(CCCl)CCCl)c(CC(N)CC(=O)O)c1. The van der Waals surface area contributed by atoms with Crippen molar-refractivity contribution in [1.29, 1.82) is 0 Å². The molecule has 0 heterocycles. The van der Waals surface area contributed by atoms with Crippen LogP contribution >= 0.6 is 23.2 Å². The maximum Gasteiger partial charge on any atom is 0.304 e. The van der Waals surface area contributed by atoms with Crippen molar-refractivity contribution >= 4 is 34.9 Å². The molecule has 0 amide bonds. The minimum atomic E-state index is -0.907. The Kier molecular flexibility index (Phi) is 8.38. The lowest BCUT2D eigenvalue weighted by Crippen LogP contribution is -2.31. The van der Waals surface area contributed by atoms with Gasteiger partial charge in [-0.1, -0.05) is 0 Å². The Bertz CT molecular complexity index is 480. The highest BCUT2D eigenvalue weighted by Gasteiger charge is 2.16. The molecule has 7 heteroatoms. The molecule has 22 heavy (non-hydrogen) atoms. The normalized spacial score (nSPS) is 12.0. The number of methoxy groups -OCH3 is 1. The number of halogens is 2. The maximum absolute atomic E-state index is 10.8. The van der Waals surface area contributed by atoms with Crippen molar-refractivity contribution in [2.45, 2.75) is 18.9 Å². The number of carboxylic acids is 1. The first kappa shape index (κ1) is 18.9. The molecule has 0 saturated carbocycles. The van der Waals surface area contributed by atoms with Crippen molar-refractivity contribution in [3.8, 4) is 5.75 Å². The summed E-state index contributed by atoms with van der Waals surface area (Å²) in [4.78, 5) is 12.9. The van der Waals surface area contributed by atoms with Crippen LogP contribution in [0.4, 0.5) is 5.69 Å². The van der Waals surface area contributed by atoms with Gasteiger partial charge in [0.1, 0.15) is 5.75 Å². The lowest BCUT2D eigenvalue weighted by molar-refractivity contribution is -0.137. The fourth-order valence-electron chi connectivity index (χ4n) is 2.30. The van der Waals surface area contributed by atoms with Gasteiger partial charge in [0, 0.05) is 36.6 Å². The molecule has 0 spiro atoms. The highest BCUT2D eigenvalue weighted by molar-refractivity contribution is 6.18. The van der Waals surface area contributed by atoms with Gasteiger partial charge in [-0.05, 0) is 30.2 Å². The average Bonchev–Trinajstić information content (AvgIpc) is 2.46. The molecule has 0 aromatic heterocycles. The molecule has 1 unspecified atom stereocenters. The van der Waals surface area contributed by atoms with Crippen LogP contribution < -0.4 is 15.4 Å². The zero-order chi connectivity index (χ0) is 16.5. The van der Waals surface area contributed by atoms with Crippen LogP contribution in [0.5, 0.6) is 5.75 Å². The third-order valence-corrected chi connectivity index (χ3v) is 3.59. The van der Waals surface area contributed by atoms with Gasteiger partial charge in [-0.2, -0.15) is 0 Å². The van der Waals surface area contributed by atoms with Crippen LogP contribution in [-0.4, -0.2) is 49.1 Å². The monoisotopic (exact) mass is 348 g/mol. The Morgan fingerprint density at radius 3 is 2.50 bits per heavy atom. The number of hydrogen-bond donors (Lipinski definition) is 2. The molecule has 0 bridgehead atoms. The van der Waals surface area contributed by atoms with Gasteiger partial charge in [-0.25, -0.2) is 0 Å². The Morgan fingerprint density at radius 1 is 1.36 bits per heavy atom. The standard InChI is InChI=1S/C15H22Cl2N2O3/c1-22-13-2-3-14(19(6-4-16)7-5-17)11(9-13)8-12(18)10-15(20)21/h2-3,9,12H,4-8,10,18H2,1H3,(H,20,21). The van der Waals surface area contributed by atoms with Crippen LogP contribution in [0.25, 0.3) is 0 Å². The van der Waals surface area contributed by atoms with Crippen molar-refractivity contribution in [2.75, 3.05) is 36.9 Å². The molecule has 0 saturated heterocycles. The van der Waals surface area contributed by atoms with Gasteiger partial charge in [0.15, 0.2) is 0 Å². The summed E-state index contributed by atoms with van der Waals surface area (Å²) in [6.07, 6.45) is 0.363. The highest BCUT2D eigenvalue weighted by Crippen LogP contribution is 2.27. The Labute approximate surface area is 140 Å². The molecule has 0 aliphatic heterocycles. The lowest BCUT2D eigenvalue weighted by Gasteiger charge is -2.27. The van der Waals surface area contributed by atoms with Crippen LogP contribution in [-0.2, 0) is 11.2 Å². The molecule has 0 aliphatic rings. The number of nitrogens with zero attached hydrogens (tertiary/aromatic N) is 1. The molecular formula is C15H22Cl2N2O3. The second-order valence-corrected chi connectivity index (χ2v) is 5.68. The number of benzene rings is 1. The summed E-state index contributed by atoms with van der Waals surface area (Å²) in [7, 11) is 1.59. The first-order valence-corrected chi connectivity index (χ1v) is 8.09. The van der Waals surface area contributed by atoms with E-state index in [0.717, 1.165) is 11.3 Å². The number of ether oxygens (including phenoxy) is 1. The largest absolute Gasteiger partial charge is 0.497 e. The van der Waals surface area contributed by atoms with E-state index in [4.69, 9.17) is 38.8 Å². The first-order valence-electron chi connectivity index (χ1n) is 7.03. The zero-order valence-electron chi connectivity index (χ0n) is 12.6. The fourth-order valence-corrected chi connectivity index (χ4v) is 2.70. The van der Waals surface area contributed by atoms with Gasteiger partial charge in [-0.3, -0.25) is 4.79 Å². The second kappa shape index (κ2) is 9.77. The van der Waals surface area contributed by atoms with Gasteiger partial charge in [0.05, 0.1) is 13.5 Å². The minimum absolute atomic E-state index is 0.0817. The molecule has 0 radical (unpaired) electrons. The molecule has 1 atom stereocenters. The summed E-state index contributed by atoms with van der Waals surface area (Å²) in [5.74, 6) is 0.751. The van der Waals surface area contributed by atoms with E-state index in [1.165, 1.54) is 0 Å². The molecule has 1 aromatic carbocycles. The average molecular weight is 349 g/mol. The zero-order valence-corrected chi connectivity index (χ0v) is 14.1. The smallest absolute Gasteiger partial charge is 0.304 e. The van der Waals surface area contributed by atoms with Crippen LogP contribution in [0.3, 0.4) is 0 Å². The first-order chi connectivity index (χ1) is 10.5. The summed E-state index contributed by atoms with van der Waals surface area (Å²) in [6.45, 7) is 1.31. The number of aliphatic carboxylic acids is 1. The van der Waals surface area contributed by atoms with Crippen LogP contribution in [0.1, 0.15) is 12.0 Å². The van der Waals surface area contributed by atoms with Crippen LogP contribution in [0.2, 0.25) is 0 Å². The van der Waals surface area contributed by atoms with Crippen molar-refractivity contribution in [3.05, 3.63) is 23.8 Å². The number of hydrogen-bond acceptors (Lipinski definition) is 4. The topological polar surface area (TPSA) is 75.8 Å². The van der Waals surface area contributed by atoms with Gasteiger partial charge in [-0.15, -0.1) is 23.2 Å². The number of carbonyl (C=O) groups is 1. The van der Waals surface area contributed by atoms with E-state index in [1.54, 1.807) is 7.11 Å². The van der Waals surface area contributed by atoms with Crippen LogP contribution in [0, 0.1) is 0 Å². The van der Waals surface area contributed by atoms with E-state index in [9.17, 15) is 4.79 Å². The van der Waals surface area contributed by atoms with E-state index in [1.807, 2.05) is 18.2 Å². The third-order valence-electron chi connectivity index (χ3n) is 3.26. The number of nitrogens with two attached hydrogens (primary N) is 1. The number of alkyl halides is 2. The van der Waals surface area contributed by atoms with Crippen molar-refractivity contribution in [3.63, 3.8) is 0 Å². The molecular weight excluding hydrogens is 327 g/mol. The second-order valence-electron chi connectivity index (χ2n) is 4.92. The minimum Gasteiger partial charge on any atom is -0.497 e. The number of rotatable bonds is 10. The quantitative estimate of drug-likeness (QED) is 0.634. The molecule has 0 fully saturated rings. The third kappa shape index (κ3) is 5.91. The predicted octanol–water partition coefficient (Wildman–Crippen LogP) is 2.32. The lowest BCUT2D eigenvalue weighted by atomic mass is 10.0. The Morgan fingerprint density at radius 2 is 2.00 bits per heavy atom. The number of anilines is 1. The summed E-state index contributed by atoms with van der Waals surface area (Å²) < 4.78 is 5.24. The fraction of sp³-hybridized carbons (Fsp3) is 0.533. The van der Waals surface area contributed by atoms with Crippen molar-refractivity contribution in [1.82, 2.24) is 0 Å². The molecule has 1 rings (SSSR count). The van der Waals surface area contributed by atoms with E-state index < -0.39 is 12.0 Å². The molecule has 124 valence electrons. The summed E-state index contributed by atoms with van der Waals surface area (Å²) >= 11 is 11.7. The molecule has 0 aliphatic carbocycles. The molecule has 5 nitrogen and oxygen atoms in total. The Hall–Kier alpha value is -1.17. The predicted molar refractivity (Wildman–Crippen MR) is 90.6 cm³/mol. The van der Waals surface area contributed by atoms with Crippen LogP contribution in [0.15, 0.2) is 18.2 Å². The highest BCUT2D eigenvalue weighted by atomic mass is 35.5. The van der Waals surface area contributed by atoms with Gasteiger partial charge >= 0.3 is 5.97 Å². The van der Waals surface area contributed by atoms with E-state index in [0.29, 0.717) is 37.0 Å².